The first-order chi connectivity index (χ1) is 18.6. The zero-order chi connectivity index (χ0) is 28.2. The van der Waals surface area contributed by atoms with Crippen LogP contribution in [0.25, 0.3) is 0 Å². The molecule has 1 aliphatic heterocycles. The first kappa shape index (κ1) is 28.5. The van der Waals surface area contributed by atoms with E-state index in [1.807, 2.05) is 0 Å². The summed E-state index contributed by atoms with van der Waals surface area (Å²) in [5.74, 6) is -0.208. The number of rotatable bonds is 9. The molecule has 39 heavy (non-hydrogen) atoms. The monoisotopic (exact) mass is 591 g/mol. The summed E-state index contributed by atoms with van der Waals surface area (Å²) in [6, 6.07) is 16.3. The number of nitrogens with one attached hydrogen (secondary N) is 1. The number of likely N-dealkylation sites (N-methyl/N-ethyl adjacent to an activating group) is 1. The van der Waals surface area contributed by atoms with Crippen molar-refractivity contribution >= 4 is 50.7 Å². The zero-order valence-electron chi connectivity index (χ0n) is 21.3. The molecule has 0 fully saturated rings. The molecule has 0 unspecified atom stereocenters. The van der Waals surface area contributed by atoms with E-state index < -0.39 is 34.4 Å². The number of sulfonamides is 1. The standard InChI is InChI=1S/C27H27Cl2N3O6S/c1-18(27(34)30-2)31(16-19-8-9-20(28)14-23(19)29)26(33)17-32(39(35,36)22-6-4-3-5-7-22)21-10-11-24-25(15-21)38-13-12-37-24/h3-11,14-15,18H,12-13,16-17H2,1-2H3,(H,30,34)/t18-/m1/s1. The van der Waals surface area contributed by atoms with Crippen LogP contribution in [0.15, 0.2) is 71.6 Å². The second-order valence-electron chi connectivity index (χ2n) is 8.70. The molecule has 9 nitrogen and oxygen atoms in total. The van der Waals surface area contributed by atoms with Crippen LogP contribution in [-0.2, 0) is 26.2 Å². The third-order valence-electron chi connectivity index (χ3n) is 6.19. The summed E-state index contributed by atoms with van der Waals surface area (Å²) in [6.45, 7) is 1.59. The molecule has 206 valence electrons. The lowest BCUT2D eigenvalue weighted by Crippen LogP contribution is -2.50. The molecule has 3 aromatic rings. The Hall–Kier alpha value is -3.47. The lowest BCUT2D eigenvalue weighted by Gasteiger charge is -2.32. The lowest BCUT2D eigenvalue weighted by atomic mass is 10.1. The highest BCUT2D eigenvalue weighted by Crippen LogP contribution is 2.36. The van der Waals surface area contributed by atoms with E-state index in [-0.39, 0.29) is 17.1 Å². The molecule has 0 spiro atoms. The molecule has 0 radical (unpaired) electrons. The van der Waals surface area contributed by atoms with Gasteiger partial charge < -0.3 is 19.7 Å². The van der Waals surface area contributed by atoms with Crippen molar-refractivity contribution in [2.75, 3.05) is 31.1 Å². The van der Waals surface area contributed by atoms with Crippen LogP contribution in [0.2, 0.25) is 10.0 Å². The summed E-state index contributed by atoms with van der Waals surface area (Å²) in [5.41, 5.74) is 0.746. The van der Waals surface area contributed by atoms with Crippen molar-refractivity contribution in [1.82, 2.24) is 10.2 Å². The first-order valence-corrected chi connectivity index (χ1v) is 14.2. The fourth-order valence-corrected chi connectivity index (χ4v) is 5.96. The van der Waals surface area contributed by atoms with E-state index in [0.717, 1.165) is 4.31 Å². The summed E-state index contributed by atoms with van der Waals surface area (Å²) < 4.78 is 39.9. The fraction of sp³-hybridized carbons (Fsp3) is 0.259. The van der Waals surface area contributed by atoms with Gasteiger partial charge in [0.05, 0.1) is 10.6 Å². The van der Waals surface area contributed by atoms with Gasteiger partial charge in [-0.3, -0.25) is 13.9 Å². The van der Waals surface area contributed by atoms with Gasteiger partial charge in [-0.25, -0.2) is 8.42 Å². The number of amides is 2. The third kappa shape index (κ3) is 6.41. The van der Waals surface area contributed by atoms with Crippen LogP contribution < -0.4 is 19.1 Å². The molecule has 0 saturated heterocycles. The molecular formula is C27H27Cl2N3O6S. The maximum atomic E-state index is 13.9. The number of hydrogen-bond donors (Lipinski definition) is 1. The molecule has 2 amide bonds. The maximum Gasteiger partial charge on any atom is 0.264 e. The normalized spacial score (nSPS) is 13.3. The van der Waals surface area contributed by atoms with Crippen LogP contribution in [0.5, 0.6) is 11.5 Å². The van der Waals surface area contributed by atoms with E-state index >= 15 is 0 Å². The van der Waals surface area contributed by atoms with Crippen molar-refractivity contribution in [2.24, 2.45) is 0 Å². The van der Waals surface area contributed by atoms with E-state index in [0.29, 0.717) is 40.3 Å². The summed E-state index contributed by atoms with van der Waals surface area (Å²) >= 11 is 12.4. The first-order valence-electron chi connectivity index (χ1n) is 12.0. The van der Waals surface area contributed by atoms with E-state index in [1.165, 1.54) is 36.2 Å². The molecule has 1 heterocycles. The minimum Gasteiger partial charge on any atom is -0.486 e. The summed E-state index contributed by atoms with van der Waals surface area (Å²) in [5, 5.41) is 3.26. The van der Waals surface area contributed by atoms with Crippen molar-refractivity contribution in [2.45, 2.75) is 24.4 Å². The Morgan fingerprint density at radius 2 is 1.67 bits per heavy atom. The van der Waals surface area contributed by atoms with E-state index in [4.69, 9.17) is 32.7 Å². The van der Waals surface area contributed by atoms with Crippen LogP contribution >= 0.6 is 23.2 Å². The molecule has 4 rings (SSSR count). The Bertz CT molecular complexity index is 1470. The Labute approximate surface area is 237 Å². The Kier molecular flexibility index (Phi) is 8.89. The number of fused-ring (bicyclic) bond motifs is 1. The second kappa shape index (κ2) is 12.1. The molecule has 3 aromatic carbocycles. The molecule has 1 atom stereocenters. The number of carbonyl (C=O) groups is 2. The van der Waals surface area contributed by atoms with Gasteiger partial charge in [0.1, 0.15) is 25.8 Å². The number of anilines is 1. The molecule has 1 N–H and O–H groups in total. The summed E-state index contributed by atoms with van der Waals surface area (Å²) in [7, 11) is -2.75. The Morgan fingerprint density at radius 3 is 2.33 bits per heavy atom. The van der Waals surface area contributed by atoms with E-state index in [2.05, 4.69) is 5.32 Å². The summed E-state index contributed by atoms with van der Waals surface area (Å²) in [4.78, 5) is 27.7. The quantitative estimate of drug-likeness (QED) is 0.401. The Balaban J connectivity index is 1.75. The van der Waals surface area contributed by atoms with Gasteiger partial charge in [-0.05, 0) is 48.9 Å². The van der Waals surface area contributed by atoms with E-state index in [1.54, 1.807) is 49.4 Å². The molecule has 0 bridgehead atoms. The summed E-state index contributed by atoms with van der Waals surface area (Å²) in [6.07, 6.45) is 0. The van der Waals surface area contributed by atoms with Gasteiger partial charge in [-0.2, -0.15) is 0 Å². The number of nitrogens with zero attached hydrogens (tertiary/aromatic N) is 2. The highest BCUT2D eigenvalue weighted by atomic mass is 35.5. The van der Waals surface area contributed by atoms with Crippen molar-refractivity contribution < 1.29 is 27.5 Å². The SMILES string of the molecule is CNC(=O)[C@@H](C)N(Cc1ccc(Cl)cc1Cl)C(=O)CN(c1ccc2c(c1)OCCO2)S(=O)(=O)c1ccccc1. The van der Waals surface area contributed by atoms with Crippen molar-refractivity contribution in [3.63, 3.8) is 0 Å². The molecule has 0 aromatic heterocycles. The predicted molar refractivity (Wildman–Crippen MR) is 149 cm³/mol. The minimum absolute atomic E-state index is 0.000616. The maximum absolute atomic E-state index is 13.9. The Morgan fingerprint density at radius 1 is 0.974 bits per heavy atom. The van der Waals surface area contributed by atoms with Crippen molar-refractivity contribution in [1.29, 1.82) is 0 Å². The van der Waals surface area contributed by atoms with Crippen molar-refractivity contribution in [3.8, 4) is 11.5 Å². The van der Waals surface area contributed by atoms with Crippen LogP contribution in [0.3, 0.4) is 0 Å². The fourth-order valence-electron chi connectivity index (χ4n) is 4.06. The molecule has 0 aliphatic carbocycles. The lowest BCUT2D eigenvalue weighted by molar-refractivity contribution is -0.139. The van der Waals surface area contributed by atoms with Crippen LogP contribution in [-0.4, -0.2) is 58.0 Å². The number of halogens is 2. The predicted octanol–water partition coefficient (Wildman–Crippen LogP) is 4.12. The van der Waals surface area contributed by atoms with Crippen LogP contribution in [0.4, 0.5) is 5.69 Å². The van der Waals surface area contributed by atoms with Gasteiger partial charge >= 0.3 is 0 Å². The second-order valence-corrected chi connectivity index (χ2v) is 11.4. The van der Waals surface area contributed by atoms with Gasteiger partial charge in [0, 0.05) is 29.7 Å². The smallest absolute Gasteiger partial charge is 0.264 e. The van der Waals surface area contributed by atoms with Gasteiger partial charge in [0.15, 0.2) is 11.5 Å². The zero-order valence-corrected chi connectivity index (χ0v) is 23.6. The van der Waals surface area contributed by atoms with Crippen LogP contribution in [0, 0.1) is 0 Å². The molecule has 0 saturated carbocycles. The topological polar surface area (TPSA) is 105 Å². The largest absolute Gasteiger partial charge is 0.486 e. The molecular weight excluding hydrogens is 565 g/mol. The van der Waals surface area contributed by atoms with Gasteiger partial charge in [-0.15, -0.1) is 0 Å². The highest BCUT2D eigenvalue weighted by molar-refractivity contribution is 7.92. The number of hydrogen-bond acceptors (Lipinski definition) is 6. The van der Waals surface area contributed by atoms with Gasteiger partial charge in [0.2, 0.25) is 11.8 Å². The van der Waals surface area contributed by atoms with Crippen molar-refractivity contribution in [3.05, 3.63) is 82.3 Å². The third-order valence-corrected chi connectivity index (χ3v) is 8.57. The van der Waals surface area contributed by atoms with Gasteiger partial charge in [-0.1, -0.05) is 47.5 Å². The van der Waals surface area contributed by atoms with Gasteiger partial charge in [0.25, 0.3) is 10.0 Å². The highest BCUT2D eigenvalue weighted by Gasteiger charge is 2.33. The average Bonchev–Trinajstić information content (AvgIpc) is 2.94. The number of carbonyl (C=O) groups excluding carboxylic acids is 2. The van der Waals surface area contributed by atoms with E-state index in [9.17, 15) is 18.0 Å². The average molecular weight is 593 g/mol. The molecule has 12 heteroatoms. The number of benzene rings is 3. The number of ether oxygens (including phenoxy) is 2. The van der Waals surface area contributed by atoms with Crippen LogP contribution in [0.1, 0.15) is 12.5 Å². The molecule has 1 aliphatic rings. The minimum atomic E-state index is -4.20.